The average molecular weight is 509 g/mol. The second-order valence-corrected chi connectivity index (χ2v) is 8.35. The second-order valence-electron chi connectivity index (χ2n) is 7.56. The molecule has 4 aromatic rings. The number of hydrogen-bond donors (Lipinski definition) is 2. The van der Waals surface area contributed by atoms with Gasteiger partial charge in [0.2, 0.25) is 0 Å². The van der Waals surface area contributed by atoms with Crippen molar-refractivity contribution in [2.75, 3.05) is 10.6 Å². The molecule has 7 nitrogen and oxygen atoms in total. The van der Waals surface area contributed by atoms with Crippen LogP contribution in [0.4, 0.5) is 11.4 Å². The van der Waals surface area contributed by atoms with Crippen LogP contribution in [0.15, 0.2) is 79.0 Å². The fourth-order valence-corrected chi connectivity index (χ4v) is 3.65. The SMILES string of the molecule is CCn1cc(NC(=O)c2cccc(COc3cccc(Cl)c3Cl)c2)c(C(=O)Nc2ccccc2)n1. The zero-order valence-corrected chi connectivity index (χ0v) is 20.3. The Bertz CT molecular complexity index is 1360. The van der Waals surface area contributed by atoms with E-state index in [2.05, 4.69) is 15.7 Å². The Morgan fingerprint density at radius 2 is 1.71 bits per heavy atom. The van der Waals surface area contributed by atoms with Crippen LogP contribution in [0.1, 0.15) is 33.3 Å². The molecule has 0 saturated heterocycles. The van der Waals surface area contributed by atoms with E-state index in [1.807, 2.05) is 31.2 Å². The molecule has 0 spiro atoms. The standard InChI is InChI=1S/C26H22Cl2N4O3/c1-2-32-15-21(24(31-32)26(34)29-19-10-4-3-5-11-19)30-25(33)18-9-6-8-17(14-18)16-35-22-13-7-12-20(27)23(22)28/h3-15H,2,16H2,1H3,(H,29,34)(H,30,33). The van der Waals surface area contributed by atoms with E-state index in [0.717, 1.165) is 5.56 Å². The molecule has 0 fully saturated rings. The molecule has 0 radical (unpaired) electrons. The maximum Gasteiger partial charge on any atom is 0.278 e. The van der Waals surface area contributed by atoms with Gasteiger partial charge in [-0.1, -0.05) is 59.6 Å². The van der Waals surface area contributed by atoms with E-state index in [1.54, 1.807) is 59.4 Å². The van der Waals surface area contributed by atoms with Gasteiger partial charge in [0.25, 0.3) is 11.8 Å². The summed E-state index contributed by atoms with van der Waals surface area (Å²) in [5, 5.41) is 10.6. The summed E-state index contributed by atoms with van der Waals surface area (Å²) in [5.74, 6) is -0.341. The summed E-state index contributed by atoms with van der Waals surface area (Å²) in [6.45, 7) is 2.63. The highest BCUT2D eigenvalue weighted by Gasteiger charge is 2.19. The lowest BCUT2D eigenvalue weighted by molar-refractivity contribution is 0.102. The quantitative estimate of drug-likeness (QED) is 0.292. The van der Waals surface area contributed by atoms with Crippen molar-refractivity contribution in [2.45, 2.75) is 20.1 Å². The Morgan fingerprint density at radius 3 is 2.49 bits per heavy atom. The normalized spacial score (nSPS) is 10.6. The van der Waals surface area contributed by atoms with Gasteiger partial charge in [-0.25, -0.2) is 0 Å². The number of nitrogens with one attached hydrogen (secondary N) is 2. The lowest BCUT2D eigenvalue weighted by Gasteiger charge is -2.10. The van der Waals surface area contributed by atoms with E-state index >= 15 is 0 Å². The highest BCUT2D eigenvalue weighted by atomic mass is 35.5. The predicted octanol–water partition coefficient (Wildman–Crippen LogP) is 6.29. The summed E-state index contributed by atoms with van der Waals surface area (Å²) in [4.78, 5) is 25.8. The number of para-hydroxylation sites is 1. The van der Waals surface area contributed by atoms with Crippen molar-refractivity contribution in [1.29, 1.82) is 0 Å². The summed E-state index contributed by atoms with van der Waals surface area (Å²) in [7, 11) is 0. The van der Waals surface area contributed by atoms with Crippen molar-refractivity contribution in [3.8, 4) is 5.75 Å². The molecule has 0 aliphatic heterocycles. The van der Waals surface area contributed by atoms with Crippen molar-refractivity contribution < 1.29 is 14.3 Å². The molecular weight excluding hydrogens is 487 g/mol. The minimum absolute atomic E-state index is 0.124. The molecule has 2 N–H and O–H groups in total. The van der Waals surface area contributed by atoms with Crippen LogP contribution in [0.25, 0.3) is 0 Å². The number of hydrogen-bond acceptors (Lipinski definition) is 4. The first-order valence-electron chi connectivity index (χ1n) is 10.9. The van der Waals surface area contributed by atoms with Gasteiger partial charge >= 0.3 is 0 Å². The predicted molar refractivity (Wildman–Crippen MR) is 137 cm³/mol. The second kappa shape index (κ2) is 11.1. The first-order valence-corrected chi connectivity index (χ1v) is 11.6. The number of carbonyl (C=O) groups is 2. The number of aromatic nitrogens is 2. The summed E-state index contributed by atoms with van der Waals surface area (Å²) in [6.07, 6.45) is 1.63. The van der Waals surface area contributed by atoms with Crippen LogP contribution >= 0.6 is 23.2 Å². The third-order valence-electron chi connectivity index (χ3n) is 5.08. The van der Waals surface area contributed by atoms with Gasteiger partial charge < -0.3 is 15.4 Å². The van der Waals surface area contributed by atoms with Crippen molar-refractivity contribution in [3.05, 3.63) is 106 Å². The molecule has 35 heavy (non-hydrogen) atoms. The smallest absolute Gasteiger partial charge is 0.278 e. The molecule has 2 amide bonds. The molecule has 9 heteroatoms. The number of anilines is 2. The van der Waals surface area contributed by atoms with Gasteiger partial charge in [-0.05, 0) is 48.9 Å². The molecule has 0 aliphatic rings. The Balaban J connectivity index is 1.48. The van der Waals surface area contributed by atoms with Gasteiger partial charge in [0, 0.05) is 24.0 Å². The Morgan fingerprint density at radius 1 is 0.943 bits per heavy atom. The lowest BCUT2D eigenvalue weighted by atomic mass is 10.1. The fourth-order valence-electron chi connectivity index (χ4n) is 3.31. The van der Waals surface area contributed by atoms with Crippen LogP contribution in [0.3, 0.4) is 0 Å². The van der Waals surface area contributed by atoms with Gasteiger partial charge in [0.05, 0.1) is 10.7 Å². The Labute approximate surface area is 212 Å². The number of halogens is 2. The van der Waals surface area contributed by atoms with Gasteiger partial charge in [0.1, 0.15) is 17.4 Å². The highest BCUT2D eigenvalue weighted by molar-refractivity contribution is 6.42. The third-order valence-corrected chi connectivity index (χ3v) is 5.88. The van der Waals surface area contributed by atoms with Crippen LogP contribution < -0.4 is 15.4 Å². The van der Waals surface area contributed by atoms with Crippen LogP contribution in [-0.4, -0.2) is 21.6 Å². The molecule has 0 saturated carbocycles. The Kier molecular flexibility index (Phi) is 7.70. The van der Waals surface area contributed by atoms with Gasteiger partial charge in [-0.3, -0.25) is 14.3 Å². The molecular formula is C26H22Cl2N4O3. The van der Waals surface area contributed by atoms with E-state index in [0.29, 0.717) is 39.3 Å². The maximum atomic E-state index is 13.0. The molecule has 178 valence electrons. The number of aryl methyl sites for hydroxylation is 1. The molecule has 1 heterocycles. The average Bonchev–Trinajstić information content (AvgIpc) is 3.29. The summed E-state index contributed by atoms with van der Waals surface area (Å²) in [5.41, 5.74) is 2.24. The highest BCUT2D eigenvalue weighted by Crippen LogP contribution is 2.32. The summed E-state index contributed by atoms with van der Waals surface area (Å²) < 4.78 is 7.36. The number of benzene rings is 3. The lowest BCUT2D eigenvalue weighted by Crippen LogP contribution is -2.18. The Hall–Kier alpha value is -3.81. The number of ether oxygens (including phenoxy) is 1. The molecule has 1 aromatic heterocycles. The third kappa shape index (κ3) is 6.01. The largest absolute Gasteiger partial charge is 0.487 e. The van der Waals surface area contributed by atoms with Crippen LogP contribution in [-0.2, 0) is 13.2 Å². The van der Waals surface area contributed by atoms with Crippen molar-refractivity contribution in [1.82, 2.24) is 9.78 Å². The molecule has 0 bridgehead atoms. The minimum atomic E-state index is -0.417. The number of amides is 2. The first-order chi connectivity index (χ1) is 16.9. The number of nitrogens with zero attached hydrogens (tertiary/aromatic N) is 2. The van der Waals surface area contributed by atoms with Gasteiger partial charge in [-0.2, -0.15) is 5.10 Å². The maximum absolute atomic E-state index is 13.0. The van der Waals surface area contributed by atoms with Crippen LogP contribution in [0, 0.1) is 0 Å². The summed E-state index contributed by atoms with van der Waals surface area (Å²) in [6, 6.07) is 21.2. The number of rotatable bonds is 8. The van der Waals surface area contributed by atoms with E-state index in [4.69, 9.17) is 27.9 Å². The molecule has 4 rings (SSSR count). The van der Waals surface area contributed by atoms with Crippen molar-refractivity contribution in [3.63, 3.8) is 0 Å². The zero-order chi connectivity index (χ0) is 24.8. The van der Waals surface area contributed by atoms with E-state index < -0.39 is 5.91 Å². The van der Waals surface area contributed by atoms with E-state index in [-0.39, 0.29) is 18.2 Å². The topological polar surface area (TPSA) is 85.2 Å². The molecule has 0 unspecified atom stereocenters. The monoisotopic (exact) mass is 508 g/mol. The minimum Gasteiger partial charge on any atom is -0.487 e. The zero-order valence-electron chi connectivity index (χ0n) is 18.8. The van der Waals surface area contributed by atoms with Gasteiger partial charge in [0.15, 0.2) is 5.69 Å². The summed E-state index contributed by atoms with van der Waals surface area (Å²) >= 11 is 12.2. The molecule has 0 aliphatic carbocycles. The van der Waals surface area contributed by atoms with E-state index in [1.165, 1.54) is 0 Å². The van der Waals surface area contributed by atoms with Crippen LogP contribution in [0.2, 0.25) is 10.0 Å². The van der Waals surface area contributed by atoms with E-state index in [9.17, 15) is 9.59 Å². The molecule has 3 aromatic carbocycles. The van der Waals surface area contributed by atoms with Crippen LogP contribution in [0.5, 0.6) is 5.75 Å². The van der Waals surface area contributed by atoms with Crippen molar-refractivity contribution in [2.24, 2.45) is 0 Å². The molecule has 0 atom stereocenters. The fraction of sp³-hybridized carbons (Fsp3) is 0.115. The number of carbonyl (C=O) groups excluding carboxylic acids is 2. The van der Waals surface area contributed by atoms with Gasteiger partial charge in [-0.15, -0.1) is 0 Å². The first kappa shape index (κ1) is 24.3. The van der Waals surface area contributed by atoms with Crippen molar-refractivity contribution >= 4 is 46.4 Å².